The van der Waals surface area contributed by atoms with Crippen molar-refractivity contribution in [3.05, 3.63) is 24.3 Å². The third-order valence-corrected chi connectivity index (χ3v) is 4.02. The first-order chi connectivity index (χ1) is 10.0. The van der Waals surface area contributed by atoms with Crippen LogP contribution in [0, 0.1) is 5.41 Å². The SMILES string of the molecule is COc1ccc(OCCCN2CCC(C)(C(=O)O)C2)cc1. The molecule has 2 rings (SSSR count). The first-order valence-electron chi connectivity index (χ1n) is 7.26. The molecule has 1 aromatic carbocycles. The summed E-state index contributed by atoms with van der Waals surface area (Å²) in [5.41, 5.74) is -0.586. The summed E-state index contributed by atoms with van der Waals surface area (Å²) in [6, 6.07) is 7.51. The van der Waals surface area contributed by atoms with E-state index in [9.17, 15) is 9.90 Å². The van der Waals surface area contributed by atoms with Crippen molar-refractivity contribution in [2.24, 2.45) is 5.41 Å². The highest BCUT2D eigenvalue weighted by molar-refractivity contribution is 5.74. The summed E-state index contributed by atoms with van der Waals surface area (Å²) in [5.74, 6) is 0.944. The Morgan fingerprint density at radius 1 is 1.33 bits per heavy atom. The summed E-state index contributed by atoms with van der Waals surface area (Å²) in [4.78, 5) is 13.4. The van der Waals surface area contributed by atoms with E-state index in [1.54, 1.807) is 7.11 Å². The molecule has 1 aromatic rings. The van der Waals surface area contributed by atoms with E-state index in [1.165, 1.54) is 0 Å². The van der Waals surface area contributed by atoms with Crippen LogP contribution in [0.2, 0.25) is 0 Å². The number of benzene rings is 1. The minimum atomic E-state index is -0.695. The summed E-state index contributed by atoms with van der Waals surface area (Å²) in [5, 5.41) is 9.19. The van der Waals surface area contributed by atoms with Gasteiger partial charge in [0.25, 0.3) is 0 Å². The van der Waals surface area contributed by atoms with Crippen LogP contribution in [0.25, 0.3) is 0 Å². The lowest BCUT2D eigenvalue weighted by Crippen LogP contribution is -2.32. The number of hydrogen-bond donors (Lipinski definition) is 1. The van der Waals surface area contributed by atoms with Gasteiger partial charge in [-0.05, 0) is 50.6 Å². The van der Waals surface area contributed by atoms with Gasteiger partial charge in [0.15, 0.2) is 0 Å². The van der Waals surface area contributed by atoms with E-state index >= 15 is 0 Å². The van der Waals surface area contributed by atoms with E-state index in [1.807, 2.05) is 31.2 Å². The zero-order valence-electron chi connectivity index (χ0n) is 12.7. The van der Waals surface area contributed by atoms with Crippen molar-refractivity contribution in [3.63, 3.8) is 0 Å². The van der Waals surface area contributed by atoms with Gasteiger partial charge in [-0.2, -0.15) is 0 Å². The Morgan fingerprint density at radius 3 is 2.57 bits per heavy atom. The van der Waals surface area contributed by atoms with E-state index in [2.05, 4.69) is 4.90 Å². The second-order valence-electron chi connectivity index (χ2n) is 5.77. The number of carboxylic acid groups (broad SMARTS) is 1. The Balaban J connectivity index is 1.67. The Kier molecular flexibility index (Phi) is 5.07. The lowest BCUT2D eigenvalue weighted by Gasteiger charge is -2.20. The largest absolute Gasteiger partial charge is 0.497 e. The maximum Gasteiger partial charge on any atom is 0.310 e. The average Bonchev–Trinajstić information content (AvgIpc) is 2.87. The molecule has 0 spiro atoms. The predicted octanol–water partition coefficient (Wildman–Crippen LogP) is 2.26. The molecule has 1 atom stereocenters. The summed E-state index contributed by atoms with van der Waals surface area (Å²) < 4.78 is 10.8. The molecule has 1 aliphatic rings. The number of rotatable bonds is 7. The quantitative estimate of drug-likeness (QED) is 0.781. The predicted molar refractivity (Wildman–Crippen MR) is 79.9 cm³/mol. The Morgan fingerprint density at radius 2 is 2.00 bits per heavy atom. The first kappa shape index (κ1) is 15.6. The molecule has 1 aliphatic heterocycles. The topological polar surface area (TPSA) is 59.0 Å². The fraction of sp³-hybridized carbons (Fsp3) is 0.562. The molecular weight excluding hydrogens is 270 g/mol. The van der Waals surface area contributed by atoms with Gasteiger partial charge < -0.3 is 19.5 Å². The number of methoxy groups -OCH3 is 1. The molecule has 1 fully saturated rings. The highest BCUT2D eigenvalue weighted by Gasteiger charge is 2.39. The molecule has 0 bridgehead atoms. The Hall–Kier alpha value is -1.75. The molecule has 116 valence electrons. The van der Waals surface area contributed by atoms with Crippen LogP contribution in [0.4, 0.5) is 0 Å². The first-order valence-corrected chi connectivity index (χ1v) is 7.26. The fourth-order valence-corrected chi connectivity index (χ4v) is 2.57. The number of ether oxygens (including phenoxy) is 2. The second-order valence-corrected chi connectivity index (χ2v) is 5.77. The van der Waals surface area contributed by atoms with E-state index in [0.29, 0.717) is 13.2 Å². The second kappa shape index (κ2) is 6.80. The average molecular weight is 293 g/mol. The van der Waals surface area contributed by atoms with Crippen molar-refractivity contribution in [2.45, 2.75) is 19.8 Å². The van der Waals surface area contributed by atoms with E-state index in [4.69, 9.17) is 9.47 Å². The van der Waals surface area contributed by atoms with E-state index in [-0.39, 0.29) is 0 Å². The van der Waals surface area contributed by atoms with Gasteiger partial charge in [-0.15, -0.1) is 0 Å². The summed E-state index contributed by atoms with van der Waals surface area (Å²) in [7, 11) is 1.64. The number of likely N-dealkylation sites (tertiary alicyclic amines) is 1. The van der Waals surface area contributed by atoms with Crippen LogP contribution in [0.1, 0.15) is 19.8 Å². The molecule has 0 saturated carbocycles. The van der Waals surface area contributed by atoms with Crippen LogP contribution in [-0.4, -0.2) is 49.3 Å². The minimum absolute atomic E-state index is 0.586. The number of carbonyl (C=O) groups is 1. The van der Waals surface area contributed by atoms with Crippen LogP contribution in [-0.2, 0) is 4.79 Å². The number of hydrogen-bond acceptors (Lipinski definition) is 4. The van der Waals surface area contributed by atoms with Crippen LogP contribution in [0.3, 0.4) is 0 Å². The maximum atomic E-state index is 11.2. The summed E-state index contributed by atoms with van der Waals surface area (Å²) in [6.07, 6.45) is 1.61. The molecule has 0 aliphatic carbocycles. The molecule has 5 heteroatoms. The zero-order valence-corrected chi connectivity index (χ0v) is 12.7. The minimum Gasteiger partial charge on any atom is -0.497 e. The number of aliphatic carboxylic acids is 1. The third-order valence-electron chi connectivity index (χ3n) is 4.02. The van der Waals surface area contributed by atoms with Gasteiger partial charge in [-0.3, -0.25) is 4.79 Å². The van der Waals surface area contributed by atoms with Crippen molar-refractivity contribution < 1.29 is 19.4 Å². The molecule has 0 amide bonds. The fourth-order valence-electron chi connectivity index (χ4n) is 2.57. The number of nitrogens with zero attached hydrogens (tertiary/aromatic N) is 1. The van der Waals surface area contributed by atoms with Crippen molar-refractivity contribution in [1.82, 2.24) is 4.90 Å². The van der Waals surface area contributed by atoms with Gasteiger partial charge in [-0.1, -0.05) is 0 Å². The standard InChI is InChI=1S/C16H23NO4/c1-16(15(18)19)8-10-17(12-16)9-3-11-21-14-6-4-13(20-2)5-7-14/h4-7H,3,8-12H2,1-2H3,(H,18,19). The van der Waals surface area contributed by atoms with E-state index < -0.39 is 11.4 Å². The van der Waals surface area contributed by atoms with Gasteiger partial charge >= 0.3 is 5.97 Å². The monoisotopic (exact) mass is 293 g/mol. The van der Waals surface area contributed by atoms with Crippen LogP contribution in [0.15, 0.2) is 24.3 Å². The van der Waals surface area contributed by atoms with Crippen molar-refractivity contribution in [1.29, 1.82) is 0 Å². The molecule has 1 N–H and O–H groups in total. The molecule has 1 saturated heterocycles. The lowest BCUT2D eigenvalue weighted by molar-refractivity contribution is -0.147. The zero-order chi connectivity index (χ0) is 15.3. The number of carboxylic acids is 1. The molecular formula is C16H23NO4. The van der Waals surface area contributed by atoms with Gasteiger partial charge in [-0.25, -0.2) is 0 Å². The summed E-state index contributed by atoms with van der Waals surface area (Å²) >= 11 is 0. The summed E-state index contributed by atoms with van der Waals surface area (Å²) in [6.45, 7) is 4.81. The van der Waals surface area contributed by atoms with Crippen LogP contribution in [0.5, 0.6) is 11.5 Å². The highest BCUT2D eigenvalue weighted by atomic mass is 16.5. The molecule has 21 heavy (non-hydrogen) atoms. The van der Waals surface area contributed by atoms with E-state index in [0.717, 1.165) is 37.4 Å². The highest BCUT2D eigenvalue weighted by Crippen LogP contribution is 2.30. The van der Waals surface area contributed by atoms with Crippen LogP contribution < -0.4 is 9.47 Å². The Labute approximate surface area is 125 Å². The Bertz CT molecular complexity index is 474. The van der Waals surface area contributed by atoms with Gasteiger partial charge in [0, 0.05) is 13.1 Å². The smallest absolute Gasteiger partial charge is 0.310 e. The van der Waals surface area contributed by atoms with Crippen molar-refractivity contribution in [2.75, 3.05) is 33.4 Å². The maximum absolute atomic E-state index is 11.2. The van der Waals surface area contributed by atoms with Gasteiger partial charge in [0.1, 0.15) is 11.5 Å². The third kappa shape index (κ3) is 4.11. The molecule has 1 unspecified atom stereocenters. The van der Waals surface area contributed by atoms with Crippen molar-refractivity contribution >= 4 is 5.97 Å². The molecule has 0 aromatic heterocycles. The lowest BCUT2D eigenvalue weighted by atomic mass is 9.90. The van der Waals surface area contributed by atoms with Crippen molar-refractivity contribution in [3.8, 4) is 11.5 Å². The van der Waals surface area contributed by atoms with Crippen LogP contribution >= 0.6 is 0 Å². The molecule has 5 nitrogen and oxygen atoms in total. The normalized spacial score (nSPS) is 22.2. The van der Waals surface area contributed by atoms with Gasteiger partial charge in [0.05, 0.1) is 19.1 Å². The van der Waals surface area contributed by atoms with Gasteiger partial charge in [0.2, 0.25) is 0 Å². The molecule has 1 heterocycles. The molecule has 0 radical (unpaired) electrons.